The average Bonchev–Trinajstić information content (AvgIpc) is 3.09. The molecular weight excluding hydrogens is 306 g/mol. The van der Waals surface area contributed by atoms with E-state index in [2.05, 4.69) is 10.3 Å². The summed E-state index contributed by atoms with van der Waals surface area (Å²) in [5, 5.41) is 13.6. The Balaban J connectivity index is 1.87. The molecule has 0 unspecified atom stereocenters. The highest BCUT2D eigenvalue weighted by molar-refractivity contribution is 7.22. The van der Waals surface area contributed by atoms with E-state index in [0.29, 0.717) is 5.13 Å². The molecule has 3 aromatic rings. The topological polar surface area (TPSA) is 98.3 Å². The predicted molar refractivity (Wildman–Crippen MR) is 82.4 cm³/mol. The molecule has 0 bridgehead atoms. The molecule has 0 fully saturated rings. The number of hydrogen-bond acceptors (Lipinski definition) is 6. The molecule has 112 valence electrons. The van der Waals surface area contributed by atoms with Gasteiger partial charge in [0.05, 0.1) is 16.3 Å². The van der Waals surface area contributed by atoms with E-state index in [1.165, 1.54) is 17.4 Å². The van der Waals surface area contributed by atoms with Crippen molar-refractivity contribution >= 4 is 38.5 Å². The maximum absolute atomic E-state index is 12.0. The SMILES string of the molecule is Cc1ccc2sc(NC(=O)c3ccc([N+](=O)[O-])o3)nc2c1C. The molecule has 0 saturated heterocycles. The minimum atomic E-state index is -0.694. The van der Waals surface area contributed by atoms with E-state index in [0.717, 1.165) is 27.4 Å². The Morgan fingerprint density at radius 1 is 1.32 bits per heavy atom. The van der Waals surface area contributed by atoms with Crippen LogP contribution in [-0.4, -0.2) is 15.8 Å². The highest BCUT2D eigenvalue weighted by Gasteiger charge is 2.18. The van der Waals surface area contributed by atoms with Crippen LogP contribution in [0.15, 0.2) is 28.7 Å². The molecule has 2 heterocycles. The number of nitrogens with one attached hydrogen (secondary N) is 1. The molecule has 1 aromatic carbocycles. The molecule has 0 aliphatic heterocycles. The lowest BCUT2D eigenvalue weighted by Crippen LogP contribution is -2.10. The molecule has 1 amide bonds. The predicted octanol–water partition coefficient (Wildman–Crippen LogP) is 3.67. The molecule has 2 aromatic heterocycles. The molecule has 22 heavy (non-hydrogen) atoms. The molecule has 0 aliphatic rings. The Bertz CT molecular complexity index is 897. The summed E-state index contributed by atoms with van der Waals surface area (Å²) in [5.74, 6) is -1.17. The van der Waals surface area contributed by atoms with Crippen LogP contribution < -0.4 is 5.32 Å². The van der Waals surface area contributed by atoms with Gasteiger partial charge in [-0.05, 0) is 37.1 Å². The minimum absolute atomic E-state index is 0.126. The molecule has 3 rings (SSSR count). The van der Waals surface area contributed by atoms with Crippen LogP contribution in [0.4, 0.5) is 11.0 Å². The summed E-state index contributed by atoms with van der Waals surface area (Å²) in [6.45, 7) is 3.97. The van der Waals surface area contributed by atoms with Crippen LogP contribution in [0, 0.1) is 24.0 Å². The van der Waals surface area contributed by atoms with E-state index in [1.807, 2.05) is 26.0 Å². The van der Waals surface area contributed by atoms with Crippen LogP contribution in [0.2, 0.25) is 0 Å². The van der Waals surface area contributed by atoms with Crippen LogP contribution >= 0.6 is 11.3 Å². The largest absolute Gasteiger partial charge is 0.433 e. The number of thiazole rings is 1. The number of nitrogens with zero attached hydrogens (tertiary/aromatic N) is 2. The first kappa shape index (κ1) is 14.2. The Hall–Kier alpha value is -2.74. The number of fused-ring (bicyclic) bond motifs is 1. The average molecular weight is 317 g/mol. The first-order valence-corrected chi connectivity index (χ1v) is 7.19. The molecule has 0 spiro atoms. The van der Waals surface area contributed by atoms with E-state index in [-0.39, 0.29) is 5.76 Å². The van der Waals surface area contributed by atoms with Gasteiger partial charge in [0, 0.05) is 0 Å². The summed E-state index contributed by atoms with van der Waals surface area (Å²) in [6.07, 6.45) is 0. The number of rotatable bonds is 3. The van der Waals surface area contributed by atoms with Gasteiger partial charge < -0.3 is 4.42 Å². The second-order valence-corrected chi connectivity index (χ2v) is 5.75. The number of aryl methyl sites for hydroxylation is 2. The highest BCUT2D eigenvalue weighted by Crippen LogP contribution is 2.30. The fourth-order valence-electron chi connectivity index (χ4n) is 1.99. The second kappa shape index (κ2) is 5.23. The van der Waals surface area contributed by atoms with Crippen LogP contribution in [0.3, 0.4) is 0 Å². The van der Waals surface area contributed by atoms with E-state index in [9.17, 15) is 14.9 Å². The first-order valence-electron chi connectivity index (χ1n) is 6.38. The fraction of sp³-hybridized carbons (Fsp3) is 0.143. The van der Waals surface area contributed by atoms with Crippen LogP contribution in [0.5, 0.6) is 0 Å². The standard InChI is InChI=1S/C14H11N3O4S/c1-7-3-5-10-12(8(7)2)15-14(22-10)16-13(18)9-4-6-11(21-9)17(19)20/h3-6H,1-2H3,(H,15,16,18). The third kappa shape index (κ3) is 2.44. The zero-order chi connectivity index (χ0) is 15.9. The van der Waals surface area contributed by atoms with Crippen molar-refractivity contribution in [3.05, 3.63) is 51.3 Å². The Morgan fingerprint density at radius 3 is 2.77 bits per heavy atom. The molecule has 0 atom stereocenters. The van der Waals surface area contributed by atoms with Crippen molar-refractivity contribution < 1.29 is 14.1 Å². The highest BCUT2D eigenvalue weighted by atomic mass is 32.1. The van der Waals surface area contributed by atoms with Gasteiger partial charge in [-0.25, -0.2) is 4.98 Å². The van der Waals surface area contributed by atoms with Gasteiger partial charge in [-0.1, -0.05) is 17.4 Å². The Morgan fingerprint density at radius 2 is 2.09 bits per heavy atom. The minimum Gasteiger partial charge on any atom is -0.395 e. The molecule has 0 aliphatic carbocycles. The normalized spacial score (nSPS) is 10.8. The van der Waals surface area contributed by atoms with E-state index in [1.54, 1.807) is 0 Å². The number of carbonyl (C=O) groups is 1. The van der Waals surface area contributed by atoms with Gasteiger partial charge in [0.1, 0.15) is 4.92 Å². The van der Waals surface area contributed by atoms with Gasteiger partial charge in [0.2, 0.25) is 0 Å². The van der Waals surface area contributed by atoms with Crippen molar-refractivity contribution in [2.75, 3.05) is 5.32 Å². The molecule has 1 N–H and O–H groups in total. The van der Waals surface area contributed by atoms with Crippen molar-refractivity contribution in [1.29, 1.82) is 0 Å². The van der Waals surface area contributed by atoms with E-state index < -0.39 is 16.7 Å². The van der Waals surface area contributed by atoms with Crippen LogP contribution in [0.25, 0.3) is 10.2 Å². The van der Waals surface area contributed by atoms with Gasteiger partial charge in [-0.2, -0.15) is 0 Å². The number of benzene rings is 1. The molecule has 8 heteroatoms. The van der Waals surface area contributed by atoms with Crippen molar-refractivity contribution in [3.63, 3.8) is 0 Å². The lowest BCUT2D eigenvalue weighted by atomic mass is 10.1. The van der Waals surface area contributed by atoms with Crippen molar-refractivity contribution in [1.82, 2.24) is 4.98 Å². The Labute approximate surface area is 128 Å². The molecule has 7 nitrogen and oxygen atoms in total. The smallest absolute Gasteiger partial charge is 0.395 e. The quantitative estimate of drug-likeness (QED) is 0.587. The van der Waals surface area contributed by atoms with Gasteiger partial charge >= 0.3 is 5.88 Å². The summed E-state index contributed by atoms with van der Waals surface area (Å²) in [5.41, 5.74) is 3.02. The molecule has 0 saturated carbocycles. The van der Waals surface area contributed by atoms with E-state index in [4.69, 9.17) is 4.42 Å². The summed E-state index contributed by atoms with van der Waals surface area (Å²) in [7, 11) is 0. The number of amides is 1. The number of furan rings is 1. The van der Waals surface area contributed by atoms with Crippen molar-refractivity contribution in [2.45, 2.75) is 13.8 Å². The van der Waals surface area contributed by atoms with E-state index >= 15 is 0 Å². The van der Waals surface area contributed by atoms with Gasteiger partial charge in [-0.15, -0.1) is 0 Å². The third-order valence-corrected chi connectivity index (χ3v) is 4.24. The number of anilines is 1. The van der Waals surface area contributed by atoms with Gasteiger partial charge in [0.25, 0.3) is 5.91 Å². The zero-order valence-corrected chi connectivity index (χ0v) is 12.6. The first-order chi connectivity index (χ1) is 10.5. The van der Waals surface area contributed by atoms with Crippen molar-refractivity contribution in [2.24, 2.45) is 0 Å². The monoisotopic (exact) mass is 317 g/mol. The second-order valence-electron chi connectivity index (χ2n) is 4.72. The van der Waals surface area contributed by atoms with Crippen LogP contribution in [0.1, 0.15) is 21.7 Å². The fourth-order valence-corrected chi connectivity index (χ4v) is 2.91. The lowest BCUT2D eigenvalue weighted by Gasteiger charge is -1.98. The molecular formula is C14H11N3O4S. The number of nitro groups is 1. The number of aromatic nitrogens is 1. The summed E-state index contributed by atoms with van der Waals surface area (Å²) < 4.78 is 5.82. The third-order valence-electron chi connectivity index (χ3n) is 3.30. The summed E-state index contributed by atoms with van der Waals surface area (Å²) in [4.78, 5) is 26.3. The maximum atomic E-state index is 12.0. The maximum Gasteiger partial charge on any atom is 0.433 e. The number of hydrogen-bond donors (Lipinski definition) is 1. The zero-order valence-electron chi connectivity index (χ0n) is 11.7. The lowest BCUT2D eigenvalue weighted by molar-refractivity contribution is -0.402. The summed E-state index contributed by atoms with van der Waals surface area (Å²) >= 11 is 1.34. The number of carbonyl (C=O) groups excluding carboxylic acids is 1. The van der Waals surface area contributed by atoms with Crippen molar-refractivity contribution in [3.8, 4) is 0 Å². The summed E-state index contributed by atoms with van der Waals surface area (Å²) in [6, 6.07) is 6.34. The Kier molecular flexibility index (Phi) is 3.38. The van der Waals surface area contributed by atoms with Gasteiger partial charge in [0.15, 0.2) is 10.9 Å². The molecule has 0 radical (unpaired) electrons. The van der Waals surface area contributed by atoms with Gasteiger partial charge in [-0.3, -0.25) is 20.2 Å². The van der Waals surface area contributed by atoms with Crippen LogP contribution in [-0.2, 0) is 0 Å².